The molecule has 0 N–H and O–H groups in total. The smallest absolute Gasteiger partial charge is 0.140 e. The molecule has 1 aliphatic heterocycles. The zero-order valence-corrected chi connectivity index (χ0v) is 16.9. The molecule has 1 fully saturated rings. The van der Waals surface area contributed by atoms with Crippen LogP contribution in [0, 0.1) is 0 Å². The minimum atomic E-state index is 0.213. The molecule has 1 saturated heterocycles. The van der Waals surface area contributed by atoms with Crippen molar-refractivity contribution in [3.63, 3.8) is 0 Å². The first kappa shape index (κ1) is 17.8. The molecule has 0 amide bonds. The first-order valence-corrected chi connectivity index (χ1v) is 11.0. The normalized spacial score (nSPS) is 16.2. The number of ether oxygens (including phenoxy) is 1. The number of fused-ring (bicyclic) bond motifs is 1. The molecule has 0 spiro atoms. The number of pyridine rings is 1. The van der Waals surface area contributed by atoms with Gasteiger partial charge in [0, 0.05) is 46.4 Å². The van der Waals surface area contributed by atoms with Gasteiger partial charge in [0.2, 0.25) is 0 Å². The van der Waals surface area contributed by atoms with Crippen molar-refractivity contribution in [3.8, 4) is 5.75 Å². The number of rotatable bonds is 6. The highest BCUT2D eigenvalue weighted by molar-refractivity contribution is 7.99. The standard InChI is InChI=1S/C21H24N2OS2/c1-15(21-17(24-2)7-5-10-22-21)20-16-6-3-4-8-18(16)26-19(20)9-11-23-12-13-25-14-23/h3-8,10,15H,9,11-14H2,1-2H3. The molecule has 1 atom stereocenters. The third-order valence-corrected chi connectivity index (χ3v) is 7.32. The van der Waals surface area contributed by atoms with E-state index in [-0.39, 0.29) is 5.92 Å². The van der Waals surface area contributed by atoms with Crippen molar-refractivity contribution in [1.29, 1.82) is 0 Å². The van der Waals surface area contributed by atoms with E-state index in [4.69, 9.17) is 4.74 Å². The van der Waals surface area contributed by atoms with Gasteiger partial charge in [-0.2, -0.15) is 0 Å². The Balaban J connectivity index is 1.72. The Bertz CT molecular complexity index is 887. The van der Waals surface area contributed by atoms with E-state index in [1.54, 1.807) is 7.11 Å². The second kappa shape index (κ2) is 7.99. The summed E-state index contributed by atoms with van der Waals surface area (Å²) in [6.07, 6.45) is 2.97. The molecule has 3 nitrogen and oxygen atoms in total. The predicted molar refractivity (Wildman–Crippen MR) is 113 cm³/mol. The fourth-order valence-corrected chi connectivity index (χ4v) is 6.02. The summed E-state index contributed by atoms with van der Waals surface area (Å²) in [5, 5.41) is 1.36. The van der Waals surface area contributed by atoms with Gasteiger partial charge in [-0.25, -0.2) is 0 Å². The van der Waals surface area contributed by atoms with Gasteiger partial charge in [-0.15, -0.1) is 23.1 Å². The summed E-state index contributed by atoms with van der Waals surface area (Å²) < 4.78 is 6.96. The van der Waals surface area contributed by atoms with Gasteiger partial charge in [0.05, 0.1) is 12.8 Å². The number of benzene rings is 1. The largest absolute Gasteiger partial charge is 0.495 e. The van der Waals surface area contributed by atoms with Crippen LogP contribution in [0.15, 0.2) is 42.6 Å². The summed E-state index contributed by atoms with van der Waals surface area (Å²) >= 11 is 3.98. The van der Waals surface area contributed by atoms with Crippen LogP contribution in [0.5, 0.6) is 5.75 Å². The van der Waals surface area contributed by atoms with Gasteiger partial charge in [-0.3, -0.25) is 9.88 Å². The van der Waals surface area contributed by atoms with Crippen molar-refractivity contribution < 1.29 is 4.74 Å². The highest BCUT2D eigenvalue weighted by Gasteiger charge is 2.23. The molecule has 1 aromatic carbocycles. The molecule has 1 unspecified atom stereocenters. The van der Waals surface area contributed by atoms with Gasteiger partial charge in [-0.05, 0) is 35.6 Å². The molecule has 1 aliphatic rings. The Kier molecular flexibility index (Phi) is 5.48. The van der Waals surface area contributed by atoms with Crippen molar-refractivity contribution in [1.82, 2.24) is 9.88 Å². The van der Waals surface area contributed by atoms with Crippen LogP contribution in [-0.2, 0) is 6.42 Å². The second-order valence-electron chi connectivity index (χ2n) is 6.65. The van der Waals surface area contributed by atoms with E-state index in [1.165, 1.54) is 38.7 Å². The van der Waals surface area contributed by atoms with E-state index in [9.17, 15) is 0 Å². The lowest BCUT2D eigenvalue weighted by Gasteiger charge is -2.18. The van der Waals surface area contributed by atoms with Crippen LogP contribution in [-0.4, -0.2) is 41.7 Å². The summed E-state index contributed by atoms with van der Waals surface area (Å²) in [5.41, 5.74) is 2.45. The third-order valence-electron chi connectivity index (χ3n) is 5.05. The molecule has 136 valence electrons. The fraction of sp³-hybridized carbons (Fsp3) is 0.381. The lowest BCUT2D eigenvalue weighted by atomic mass is 9.93. The van der Waals surface area contributed by atoms with Gasteiger partial charge >= 0.3 is 0 Å². The van der Waals surface area contributed by atoms with Crippen molar-refractivity contribution in [2.75, 3.05) is 31.8 Å². The first-order chi connectivity index (χ1) is 12.8. The van der Waals surface area contributed by atoms with E-state index in [0.29, 0.717) is 0 Å². The van der Waals surface area contributed by atoms with Gasteiger partial charge < -0.3 is 4.74 Å². The zero-order chi connectivity index (χ0) is 17.9. The average molecular weight is 385 g/mol. The molecular formula is C21H24N2OS2. The quantitative estimate of drug-likeness (QED) is 0.597. The maximum atomic E-state index is 5.59. The van der Waals surface area contributed by atoms with Crippen LogP contribution in [0.3, 0.4) is 0 Å². The van der Waals surface area contributed by atoms with Gasteiger partial charge in [-0.1, -0.05) is 25.1 Å². The minimum absolute atomic E-state index is 0.213. The van der Waals surface area contributed by atoms with Crippen LogP contribution >= 0.6 is 23.1 Å². The van der Waals surface area contributed by atoms with Gasteiger partial charge in [0.1, 0.15) is 5.75 Å². The number of aromatic nitrogens is 1. The Morgan fingerprint density at radius 2 is 2.12 bits per heavy atom. The molecule has 2 aromatic heterocycles. The Hall–Kier alpha value is -1.56. The van der Waals surface area contributed by atoms with Crippen LogP contribution < -0.4 is 4.74 Å². The van der Waals surface area contributed by atoms with Crippen molar-refractivity contribution >= 4 is 33.2 Å². The number of methoxy groups -OCH3 is 1. The molecule has 0 aliphatic carbocycles. The number of thioether (sulfide) groups is 1. The molecule has 3 heterocycles. The topological polar surface area (TPSA) is 25.4 Å². The average Bonchev–Trinajstić information content (AvgIpc) is 3.33. The fourth-order valence-electron chi connectivity index (χ4n) is 3.70. The Morgan fingerprint density at radius 3 is 2.92 bits per heavy atom. The monoisotopic (exact) mass is 384 g/mol. The van der Waals surface area contributed by atoms with Crippen LogP contribution in [0.4, 0.5) is 0 Å². The molecule has 0 saturated carbocycles. The van der Waals surface area contributed by atoms with Crippen molar-refractivity contribution in [3.05, 3.63) is 58.7 Å². The molecule has 0 radical (unpaired) electrons. The number of thiophene rings is 1. The summed E-state index contributed by atoms with van der Waals surface area (Å²) in [5.74, 6) is 3.52. The van der Waals surface area contributed by atoms with E-state index in [1.807, 2.05) is 41.4 Å². The summed E-state index contributed by atoms with van der Waals surface area (Å²) in [7, 11) is 1.73. The van der Waals surface area contributed by atoms with Gasteiger partial charge in [0.15, 0.2) is 0 Å². The molecule has 26 heavy (non-hydrogen) atoms. The molecule has 3 aromatic rings. The van der Waals surface area contributed by atoms with Crippen LogP contribution in [0.1, 0.15) is 29.0 Å². The molecule has 5 heteroatoms. The number of hydrogen-bond donors (Lipinski definition) is 0. The van der Waals surface area contributed by atoms with Crippen LogP contribution in [0.25, 0.3) is 10.1 Å². The highest BCUT2D eigenvalue weighted by Crippen LogP contribution is 2.40. The third kappa shape index (κ3) is 3.48. The maximum Gasteiger partial charge on any atom is 0.140 e. The summed E-state index contributed by atoms with van der Waals surface area (Å²) in [6, 6.07) is 12.7. The molecule has 0 bridgehead atoms. The Morgan fingerprint density at radius 1 is 1.23 bits per heavy atom. The number of nitrogens with zero attached hydrogens (tertiary/aromatic N) is 2. The van der Waals surface area contributed by atoms with E-state index in [2.05, 4.69) is 41.1 Å². The van der Waals surface area contributed by atoms with Crippen molar-refractivity contribution in [2.24, 2.45) is 0 Å². The van der Waals surface area contributed by atoms with Crippen molar-refractivity contribution in [2.45, 2.75) is 19.3 Å². The SMILES string of the molecule is COc1cccnc1C(C)c1c(CCN2CCSC2)sc2ccccc12. The predicted octanol–water partition coefficient (Wildman–Crippen LogP) is 5.01. The Labute approximate surface area is 163 Å². The van der Waals surface area contributed by atoms with Gasteiger partial charge in [0.25, 0.3) is 0 Å². The maximum absolute atomic E-state index is 5.59. The van der Waals surface area contributed by atoms with E-state index < -0.39 is 0 Å². The first-order valence-electron chi connectivity index (χ1n) is 9.07. The zero-order valence-electron chi connectivity index (χ0n) is 15.3. The lowest BCUT2D eigenvalue weighted by Crippen LogP contribution is -2.22. The highest BCUT2D eigenvalue weighted by atomic mass is 32.2. The molecular weight excluding hydrogens is 360 g/mol. The molecule has 4 rings (SSSR count). The summed E-state index contributed by atoms with van der Waals surface area (Å²) in [4.78, 5) is 8.71. The summed E-state index contributed by atoms with van der Waals surface area (Å²) in [6.45, 7) is 4.61. The lowest BCUT2D eigenvalue weighted by molar-refractivity contribution is 0.361. The van der Waals surface area contributed by atoms with E-state index >= 15 is 0 Å². The minimum Gasteiger partial charge on any atom is -0.495 e. The second-order valence-corrected chi connectivity index (χ2v) is 8.86. The van der Waals surface area contributed by atoms with Crippen LogP contribution in [0.2, 0.25) is 0 Å². The number of hydrogen-bond acceptors (Lipinski definition) is 5. The van der Waals surface area contributed by atoms with E-state index in [0.717, 1.165) is 24.4 Å².